The SMILES string of the molecule is COc1ccc(N2[C@H]3CC[C@@H]2c2ccnc(F)c2C3)cc1. The number of benzene rings is 1. The smallest absolute Gasteiger partial charge is 0.216 e. The number of halogens is 1. The molecule has 0 amide bonds. The van der Waals surface area contributed by atoms with Gasteiger partial charge in [-0.2, -0.15) is 4.39 Å². The largest absolute Gasteiger partial charge is 0.497 e. The third-order valence-electron chi connectivity index (χ3n) is 4.71. The first-order valence-corrected chi connectivity index (χ1v) is 7.33. The van der Waals surface area contributed by atoms with Gasteiger partial charge in [0.05, 0.1) is 13.2 Å². The fourth-order valence-electron chi connectivity index (χ4n) is 3.76. The van der Waals surface area contributed by atoms with Gasteiger partial charge in [-0.25, -0.2) is 4.98 Å². The molecule has 0 unspecified atom stereocenters. The molecule has 2 aromatic rings. The summed E-state index contributed by atoms with van der Waals surface area (Å²) in [7, 11) is 1.67. The van der Waals surface area contributed by atoms with Crippen LogP contribution in [-0.2, 0) is 6.42 Å². The Balaban J connectivity index is 1.75. The molecule has 1 fully saturated rings. The third-order valence-corrected chi connectivity index (χ3v) is 4.71. The van der Waals surface area contributed by atoms with Gasteiger partial charge >= 0.3 is 0 Å². The zero-order valence-electron chi connectivity index (χ0n) is 11.9. The first-order valence-electron chi connectivity index (χ1n) is 7.33. The van der Waals surface area contributed by atoms with Crippen molar-refractivity contribution in [2.45, 2.75) is 31.3 Å². The molecule has 21 heavy (non-hydrogen) atoms. The first-order chi connectivity index (χ1) is 10.3. The molecule has 4 rings (SSSR count). The van der Waals surface area contributed by atoms with E-state index in [2.05, 4.69) is 22.0 Å². The van der Waals surface area contributed by atoms with Gasteiger partial charge in [-0.3, -0.25) is 0 Å². The minimum absolute atomic E-state index is 0.268. The second-order valence-electron chi connectivity index (χ2n) is 5.73. The number of aromatic nitrogens is 1. The van der Waals surface area contributed by atoms with Gasteiger partial charge in [-0.05, 0) is 55.2 Å². The van der Waals surface area contributed by atoms with Crippen molar-refractivity contribution < 1.29 is 9.13 Å². The minimum atomic E-state index is -0.293. The average Bonchev–Trinajstić information content (AvgIpc) is 2.84. The lowest BCUT2D eigenvalue weighted by Crippen LogP contribution is -2.38. The van der Waals surface area contributed by atoms with E-state index in [0.717, 1.165) is 36.1 Å². The predicted molar refractivity (Wildman–Crippen MR) is 79.1 cm³/mol. The topological polar surface area (TPSA) is 25.4 Å². The molecule has 1 aromatic carbocycles. The highest BCUT2D eigenvalue weighted by molar-refractivity contribution is 5.56. The van der Waals surface area contributed by atoms with Crippen LogP contribution in [0.15, 0.2) is 36.5 Å². The van der Waals surface area contributed by atoms with Crippen molar-refractivity contribution in [3.63, 3.8) is 0 Å². The molecule has 1 aromatic heterocycles. The summed E-state index contributed by atoms with van der Waals surface area (Å²) in [6.07, 6.45) is 4.51. The van der Waals surface area contributed by atoms with Crippen LogP contribution < -0.4 is 9.64 Å². The molecular weight excluding hydrogens is 267 g/mol. The Morgan fingerprint density at radius 1 is 1.19 bits per heavy atom. The van der Waals surface area contributed by atoms with Crippen LogP contribution >= 0.6 is 0 Å². The maximum absolute atomic E-state index is 13.9. The van der Waals surface area contributed by atoms with Gasteiger partial charge in [0.2, 0.25) is 5.95 Å². The summed E-state index contributed by atoms with van der Waals surface area (Å²) >= 11 is 0. The molecule has 2 aliphatic heterocycles. The fraction of sp³-hybridized carbons (Fsp3) is 0.353. The van der Waals surface area contributed by atoms with Crippen LogP contribution in [0.1, 0.15) is 30.0 Å². The van der Waals surface area contributed by atoms with Crippen molar-refractivity contribution in [1.82, 2.24) is 4.98 Å². The monoisotopic (exact) mass is 284 g/mol. The molecule has 0 N–H and O–H groups in total. The van der Waals surface area contributed by atoms with Gasteiger partial charge in [0.1, 0.15) is 5.75 Å². The summed E-state index contributed by atoms with van der Waals surface area (Å²) in [4.78, 5) is 6.24. The Kier molecular flexibility index (Phi) is 2.84. The normalized spacial score (nSPS) is 23.0. The number of pyridine rings is 1. The van der Waals surface area contributed by atoms with Gasteiger partial charge in [0.15, 0.2) is 0 Å². The zero-order chi connectivity index (χ0) is 14.4. The van der Waals surface area contributed by atoms with Gasteiger partial charge in [-0.15, -0.1) is 0 Å². The Morgan fingerprint density at radius 2 is 2.00 bits per heavy atom. The molecule has 0 aliphatic carbocycles. The molecule has 0 saturated carbocycles. The quantitative estimate of drug-likeness (QED) is 0.789. The van der Waals surface area contributed by atoms with Crippen molar-refractivity contribution in [3.8, 4) is 5.75 Å². The fourth-order valence-corrected chi connectivity index (χ4v) is 3.76. The molecule has 4 heteroatoms. The van der Waals surface area contributed by atoms with Crippen LogP contribution in [0.3, 0.4) is 0 Å². The molecule has 2 aliphatic rings. The van der Waals surface area contributed by atoms with Crippen molar-refractivity contribution in [2.75, 3.05) is 12.0 Å². The Morgan fingerprint density at radius 3 is 2.76 bits per heavy atom. The van der Waals surface area contributed by atoms with E-state index < -0.39 is 0 Å². The van der Waals surface area contributed by atoms with Crippen molar-refractivity contribution >= 4 is 5.69 Å². The van der Waals surface area contributed by atoms with E-state index in [1.807, 2.05) is 18.2 Å². The summed E-state index contributed by atoms with van der Waals surface area (Å²) < 4.78 is 19.1. The van der Waals surface area contributed by atoms with Crippen LogP contribution in [0, 0.1) is 5.95 Å². The van der Waals surface area contributed by atoms with E-state index in [9.17, 15) is 4.39 Å². The molecule has 0 spiro atoms. The average molecular weight is 284 g/mol. The standard InChI is InChI=1S/C17H17FN2O/c1-21-13-5-2-11(3-6-13)20-12-4-7-16(20)14-8-9-19-17(18)15(14)10-12/h2-3,5-6,8-9,12,16H,4,7,10H2,1H3/t12-,16+/m0/s1. The van der Waals surface area contributed by atoms with E-state index in [1.165, 1.54) is 5.69 Å². The molecule has 3 heterocycles. The molecule has 2 bridgehead atoms. The molecule has 2 atom stereocenters. The van der Waals surface area contributed by atoms with E-state index in [4.69, 9.17) is 4.74 Å². The number of hydrogen-bond acceptors (Lipinski definition) is 3. The second-order valence-corrected chi connectivity index (χ2v) is 5.73. The number of fused-ring (bicyclic) bond motifs is 4. The lowest BCUT2D eigenvalue weighted by molar-refractivity contribution is 0.414. The Hall–Kier alpha value is -2.10. The van der Waals surface area contributed by atoms with Crippen LogP contribution in [-0.4, -0.2) is 18.1 Å². The van der Waals surface area contributed by atoms with Crippen molar-refractivity contribution in [1.29, 1.82) is 0 Å². The van der Waals surface area contributed by atoms with Crippen molar-refractivity contribution in [3.05, 3.63) is 53.6 Å². The second kappa shape index (κ2) is 4.72. The minimum Gasteiger partial charge on any atom is -0.497 e. The lowest BCUT2D eigenvalue weighted by Gasteiger charge is -2.38. The zero-order valence-corrected chi connectivity index (χ0v) is 11.9. The molecule has 108 valence electrons. The maximum Gasteiger partial charge on any atom is 0.216 e. The summed E-state index contributed by atoms with van der Waals surface area (Å²) in [6, 6.07) is 10.8. The number of methoxy groups -OCH3 is 1. The highest BCUT2D eigenvalue weighted by atomic mass is 19.1. The van der Waals surface area contributed by atoms with Crippen LogP contribution in [0.4, 0.5) is 10.1 Å². The highest BCUT2D eigenvalue weighted by Crippen LogP contribution is 2.46. The van der Waals surface area contributed by atoms with E-state index in [1.54, 1.807) is 13.3 Å². The lowest BCUT2D eigenvalue weighted by atomic mass is 9.94. The summed E-state index contributed by atoms with van der Waals surface area (Å²) in [5.41, 5.74) is 3.10. The molecule has 1 saturated heterocycles. The van der Waals surface area contributed by atoms with E-state index >= 15 is 0 Å². The number of hydrogen-bond donors (Lipinski definition) is 0. The maximum atomic E-state index is 13.9. The first kappa shape index (κ1) is 12.6. The number of anilines is 1. The third kappa shape index (κ3) is 1.89. The predicted octanol–water partition coefficient (Wildman–Crippen LogP) is 3.50. The van der Waals surface area contributed by atoms with Crippen LogP contribution in [0.2, 0.25) is 0 Å². The van der Waals surface area contributed by atoms with E-state index in [-0.39, 0.29) is 12.0 Å². The summed E-state index contributed by atoms with van der Waals surface area (Å²) in [6.45, 7) is 0. The number of nitrogens with zero attached hydrogens (tertiary/aromatic N) is 2. The van der Waals surface area contributed by atoms with Gasteiger partial charge in [0.25, 0.3) is 0 Å². The molecular formula is C17H17FN2O. The summed E-state index contributed by atoms with van der Waals surface area (Å²) in [5.74, 6) is 0.567. The van der Waals surface area contributed by atoms with Crippen LogP contribution in [0.5, 0.6) is 5.75 Å². The molecule has 3 nitrogen and oxygen atoms in total. The van der Waals surface area contributed by atoms with Gasteiger partial charge < -0.3 is 9.64 Å². The Labute approximate surface area is 123 Å². The summed E-state index contributed by atoms with van der Waals surface area (Å²) in [5, 5.41) is 0. The van der Waals surface area contributed by atoms with Gasteiger partial charge in [0, 0.05) is 23.5 Å². The van der Waals surface area contributed by atoms with Crippen molar-refractivity contribution in [2.24, 2.45) is 0 Å². The van der Waals surface area contributed by atoms with Crippen LogP contribution in [0.25, 0.3) is 0 Å². The molecule has 0 radical (unpaired) electrons. The van der Waals surface area contributed by atoms with Gasteiger partial charge in [-0.1, -0.05) is 0 Å². The number of rotatable bonds is 2. The Bertz CT molecular complexity index is 671. The highest BCUT2D eigenvalue weighted by Gasteiger charge is 2.41. The number of ether oxygens (including phenoxy) is 1. The van der Waals surface area contributed by atoms with E-state index in [0.29, 0.717) is 6.04 Å².